The van der Waals surface area contributed by atoms with E-state index in [9.17, 15) is 9.18 Å². The van der Waals surface area contributed by atoms with Crippen LogP contribution in [0.4, 0.5) is 10.3 Å². The van der Waals surface area contributed by atoms with Crippen molar-refractivity contribution in [3.05, 3.63) is 65.5 Å². The number of aromatic nitrogens is 3. The van der Waals surface area contributed by atoms with Crippen LogP contribution in [-0.2, 0) is 0 Å². The largest absolute Gasteiger partial charge is 0.289 e. The Kier molecular flexibility index (Phi) is 3.65. The van der Waals surface area contributed by atoms with Crippen LogP contribution in [0.3, 0.4) is 0 Å². The highest BCUT2D eigenvalue weighted by molar-refractivity contribution is 6.03. The summed E-state index contributed by atoms with van der Waals surface area (Å²) in [7, 11) is 0. The van der Waals surface area contributed by atoms with E-state index < -0.39 is 11.7 Å². The Hall–Kier alpha value is -3.02. The van der Waals surface area contributed by atoms with Gasteiger partial charge in [-0.15, -0.1) is 5.10 Å². The highest BCUT2D eigenvalue weighted by Gasteiger charge is 2.13. The summed E-state index contributed by atoms with van der Waals surface area (Å²) in [6, 6.07) is 13.5. The van der Waals surface area contributed by atoms with Crippen LogP contribution >= 0.6 is 0 Å². The monoisotopic (exact) mass is 296 g/mol. The molecule has 0 atom stereocenters. The Bertz CT molecular complexity index is 811. The summed E-state index contributed by atoms with van der Waals surface area (Å²) < 4.78 is 13.5. The van der Waals surface area contributed by atoms with Crippen molar-refractivity contribution >= 4 is 11.9 Å². The summed E-state index contributed by atoms with van der Waals surface area (Å²) in [5.74, 6) is -0.547. The number of amides is 1. The van der Waals surface area contributed by atoms with Gasteiger partial charge in [-0.3, -0.25) is 15.2 Å². The Morgan fingerprint density at radius 2 is 1.86 bits per heavy atom. The molecule has 2 N–H and O–H groups in total. The lowest BCUT2D eigenvalue weighted by molar-refractivity contribution is 0.102. The highest BCUT2D eigenvalue weighted by Crippen LogP contribution is 2.17. The maximum Gasteiger partial charge on any atom is 0.261 e. The lowest BCUT2D eigenvalue weighted by Gasteiger charge is -2.01. The van der Waals surface area contributed by atoms with Gasteiger partial charge in [0.25, 0.3) is 5.91 Å². The smallest absolute Gasteiger partial charge is 0.261 e. The fourth-order valence-corrected chi connectivity index (χ4v) is 1.97. The summed E-state index contributed by atoms with van der Waals surface area (Å²) in [4.78, 5) is 16.2. The molecule has 0 unspecified atom stereocenters. The SMILES string of the molecule is Cc1ccc(-c2nc(NC(=O)c3ccccc3F)n[nH]2)cc1. The van der Waals surface area contributed by atoms with Crippen molar-refractivity contribution < 1.29 is 9.18 Å². The first kappa shape index (κ1) is 13.9. The van der Waals surface area contributed by atoms with E-state index in [1.54, 1.807) is 6.07 Å². The van der Waals surface area contributed by atoms with E-state index in [4.69, 9.17) is 0 Å². The molecule has 1 aromatic heterocycles. The van der Waals surface area contributed by atoms with E-state index in [0.29, 0.717) is 5.82 Å². The minimum absolute atomic E-state index is 0.0517. The molecule has 22 heavy (non-hydrogen) atoms. The molecule has 0 aliphatic rings. The molecule has 3 aromatic rings. The number of anilines is 1. The van der Waals surface area contributed by atoms with Gasteiger partial charge in [-0.05, 0) is 19.1 Å². The van der Waals surface area contributed by atoms with Gasteiger partial charge in [0, 0.05) is 5.56 Å². The first-order chi connectivity index (χ1) is 10.6. The van der Waals surface area contributed by atoms with Crippen LogP contribution in [0, 0.1) is 12.7 Å². The summed E-state index contributed by atoms with van der Waals surface area (Å²) >= 11 is 0. The van der Waals surface area contributed by atoms with Crippen molar-refractivity contribution in [2.75, 3.05) is 5.32 Å². The molecule has 6 heteroatoms. The van der Waals surface area contributed by atoms with Gasteiger partial charge in [-0.25, -0.2) is 4.39 Å². The van der Waals surface area contributed by atoms with E-state index in [2.05, 4.69) is 20.5 Å². The predicted octanol–water partition coefficient (Wildman–Crippen LogP) is 3.17. The number of hydrogen-bond donors (Lipinski definition) is 2. The number of rotatable bonds is 3. The second kappa shape index (κ2) is 5.77. The molecule has 0 saturated carbocycles. The Morgan fingerprint density at radius 3 is 2.59 bits per heavy atom. The molecule has 3 rings (SSSR count). The fourth-order valence-electron chi connectivity index (χ4n) is 1.97. The van der Waals surface area contributed by atoms with Crippen molar-refractivity contribution in [1.82, 2.24) is 15.2 Å². The quantitative estimate of drug-likeness (QED) is 0.780. The number of aryl methyl sites for hydroxylation is 1. The topological polar surface area (TPSA) is 70.7 Å². The van der Waals surface area contributed by atoms with Gasteiger partial charge in [0.1, 0.15) is 5.82 Å². The van der Waals surface area contributed by atoms with Gasteiger partial charge in [-0.1, -0.05) is 42.0 Å². The molecule has 0 spiro atoms. The fraction of sp³-hybridized carbons (Fsp3) is 0.0625. The first-order valence-corrected chi connectivity index (χ1v) is 6.69. The zero-order chi connectivity index (χ0) is 15.5. The summed E-state index contributed by atoms with van der Waals surface area (Å²) in [6.45, 7) is 1.99. The van der Waals surface area contributed by atoms with E-state index in [1.165, 1.54) is 18.2 Å². The van der Waals surface area contributed by atoms with Gasteiger partial charge in [-0.2, -0.15) is 4.98 Å². The van der Waals surface area contributed by atoms with Crippen molar-refractivity contribution in [3.8, 4) is 11.4 Å². The highest BCUT2D eigenvalue weighted by atomic mass is 19.1. The molecule has 0 saturated heterocycles. The van der Waals surface area contributed by atoms with E-state index in [-0.39, 0.29) is 11.5 Å². The average Bonchev–Trinajstić information content (AvgIpc) is 2.97. The Labute approximate surface area is 126 Å². The molecule has 0 radical (unpaired) electrons. The number of hydrogen-bond acceptors (Lipinski definition) is 3. The standard InChI is InChI=1S/C16H13FN4O/c1-10-6-8-11(9-7-10)14-18-16(21-20-14)19-15(22)12-4-2-3-5-13(12)17/h2-9H,1H3,(H2,18,19,20,21,22). The van der Waals surface area contributed by atoms with Crippen LogP contribution in [0.25, 0.3) is 11.4 Å². The number of carbonyl (C=O) groups is 1. The van der Waals surface area contributed by atoms with E-state index in [1.807, 2.05) is 31.2 Å². The van der Waals surface area contributed by atoms with E-state index >= 15 is 0 Å². The third kappa shape index (κ3) is 2.85. The number of carbonyl (C=O) groups excluding carboxylic acids is 1. The molecule has 5 nitrogen and oxygen atoms in total. The third-order valence-electron chi connectivity index (χ3n) is 3.15. The number of nitrogens with zero attached hydrogens (tertiary/aromatic N) is 2. The van der Waals surface area contributed by atoms with Gasteiger partial charge < -0.3 is 0 Å². The summed E-state index contributed by atoms with van der Waals surface area (Å²) in [5.41, 5.74) is 1.94. The zero-order valence-corrected chi connectivity index (χ0v) is 11.8. The number of benzene rings is 2. The van der Waals surface area contributed by atoms with Crippen LogP contribution in [0.5, 0.6) is 0 Å². The molecule has 0 aliphatic heterocycles. The second-order valence-corrected chi connectivity index (χ2v) is 4.81. The van der Waals surface area contributed by atoms with Crippen molar-refractivity contribution in [2.24, 2.45) is 0 Å². The molecule has 0 bridgehead atoms. The summed E-state index contributed by atoms with van der Waals surface area (Å²) in [5, 5.41) is 9.13. The minimum Gasteiger partial charge on any atom is -0.289 e. The first-order valence-electron chi connectivity index (χ1n) is 6.69. The van der Waals surface area contributed by atoms with Gasteiger partial charge in [0.15, 0.2) is 5.82 Å². The molecule has 0 fully saturated rings. The van der Waals surface area contributed by atoms with Crippen molar-refractivity contribution in [1.29, 1.82) is 0 Å². The Balaban J connectivity index is 1.78. The molecule has 110 valence electrons. The Morgan fingerprint density at radius 1 is 1.14 bits per heavy atom. The maximum absolute atomic E-state index is 13.5. The maximum atomic E-state index is 13.5. The van der Waals surface area contributed by atoms with Gasteiger partial charge in [0.05, 0.1) is 5.56 Å². The molecule has 2 aromatic carbocycles. The van der Waals surface area contributed by atoms with Crippen LogP contribution in [0.1, 0.15) is 15.9 Å². The van der Waals surface area contributed by atoms with Crippen LogP contribution in [0.15, 0.2) is 48.5 Å². The van der Waals surface area contributed by atoms with Gasteiger partial charge in [0.2, 0.25) is 5.95 Å². The third-order valence-corrected chi connectivity index (χ3v) is 3.15. The lowest BCUT2D eigenvalue weighted by Crippen LogP contribution is -2.14. The van der Waals surface area contributed by atoms with Crippen molar-refractivity contribution in [2.45, 2.75) is 6.92 Å². The normalized spacial score (nSPS) is 10.5. The number of H-pyrrole nitrogens is 1. The predicted molar refractivity (Wildman–Crippen MR) is 80.9 cm³/mol. The molecular formula is C16H13FN4O. The molecular weight excluding hydrogens is 283 g/mol. The minimum atomic E-state index is -0.590. The van der Waals surface area contributed by atoms with Crippen LogP contribution in [-0.4, -0.2) is 21.1 Å². The van der Waals surface area contributed by atoms with Crippen molar-refractivity contribution in [3.63, 3.8) is 0 Å². The van der Waals surface area contributed by atoms with Crippen LogP contribution in [0.2, 0.25) is 0 Å². The average molecular weight is 296 g/mol. The zero-order valence-electron chi connectivity index (χ0n) is 11.8. The molecule has 1 heterocycles. The lowest BCUT2D eigenvalue weighted by atomic mass is 10.1. The van der Waals surface area contributed by atoms with Gasteiger partial charge >= 0.3 is 0 Å². The number of nitrogens with one attached hydrogen (secondary N) is 2. The number of aromatic amines is 1. The number of halogens is 1. The van der Waals surface area contributed by atoms with E-state index in [0.717, 1.165) is 11.1 Å². The van der Waals surface area contributed by atoms with Crippen LogP contribution < -0.4 is 5.32 Å². The molecule has 0 aliphatic carbocycles. The molecule has 1 amide bonds. The summed E-state index contributed by atoms with van der Waals surface area (Å²) in [6.07, 6.45) is 0. The second-order valence-electron chi connectivity index (χ2n) is 4.81.